The van der Waals surface area contributed by atoms with Gasteiger partial charge in [0.1, 0.15) is 12.0 Å². The van der Waals surface area contributed by atoms with Crippen LogP contribution in [0, 0.1) is 0 Å². The Hall–Kier alpha value is -2.01. The SMILES string of the molecule is CCNCc1coc(N(C)Cc2ccc(OC)cc2)n1. The Bertz CT molecular complexity index is 522. The van der Waals surface area contributed by atoms with Crippen molar-refractivity contribution < 1.29 is 9.15 Å². The van der Waals surface area contributed by atoms with Gasteiger partial charge < -0.3 is 19.4 Å². The van der Waals surface area contributed by atoms with Gasteiger partial charge in [-0.1, -0.05) is 19.1 Å². The van der Waals surface area contributed by atoms with Gasteiger partial charge in [-0.05, 0) is 24.2 Å². The fourth-order valence-electron chi connectivity index (χ4n) is 1.88. The fraction of sp³-hybridized carbons (Fsp3) is 0.400. The fourth-order valence-corrected chi connectivity index (χ4v) is 1.88. The third-order valence-corrected chi connectivity index (χ3v) is 3.00. The molecule has 0 saturated heterocycles. The van der Waals surface area contributed by atoms with Crippen LogP contribution in [-0.2, 0) is 13.1 Å². The van der Waals surface area contributed by atoms with Crippen molar-refractivity contribution in [3.63, 3.8) is 0 Å². The van der Waals surface area contributed by atoms with Gasteiger partial charge in [-0.25, -0.2) is 0 Å². The van der Waals surface area contributed by atoms with Gasteiger partial charge in [-0.2, -0.15) is 4.98 Å². The normalized spacial score (nSPS) is 10.6. The van der Waals surface area contributed by atoms with Crippen molar-refractivity contribution in [2.45, 2.75) is 20.0 Å². The van der Waals surface area contributed by atoms with Gasteiger partial charge in [0.15, 0.2) is 0 Å². The molecule has 0 amide bonds. The first-order valence-corrected chi connectivity index (χ1v) is 6.72. The summed E-state index contributed by atoms with van der Waals surface area (Å²) in [5, 5.41) is 3.22. The molecule has 1 aromatic heterocycles. The second-order valence-electron chi connectivity index (χ2n) is 4.61. The van der Waals surface area contributed by atoms with Crippen LogP contribution >= 0.6 is 0 Å². The number of hydrogen-bond donors (Lipinski definition) is 1. The summed E-state index contributed by atoms with van der Waals surface area (Å²) in [7, 11) is 3.63. The predicted octanol–water partition coefficient (Wildman–Crippen LogP) is 2.43. The number of methoxy groups -OCH3 is 1. The molecule has 5 heteroatoms. The Kier molecular flexibility index (Phi) is 5.01. The molecule has 1 heterocycles. The molecule has 5 nitrogen and oxygen atoms in total. The summed E-state index contributed by atoms with van der Waals surface area (Å²) >= 11 is 0. The van der Waals surface area contributed by atoms with E-state index < -0.39 is 0 Å². The Labute approximate surface area is 119 Å². The van der Waals surface area contributed by atoms with Gasteiger partial charge in [0.25, 0.3) is 6.01 Å². The van der Waals surface area contributed by atoms with Crippen LogP contribution in [-0.4, -0.2) is 25.7 Å². The summed E-state index contributed by atoms with van der Waals surface area (Å²) < 4.78 is 10.6. The number of anilines is 1. The molecule has 0 spiro atoms. The van der Waals surface area contributed by atoms with Crippen molar-refractivity contribution in [2.24, 2.45) is 0 Å². The maximum atomic E-state index is 5.49. The number of rotatable bonds is 7. The standard InChI is InChI=1S/C15H21N3O2/c1-4-16-9-13-11-20-15(17-13)18(2)10-12-5-7-14(19-3)8-6-12/h5-8,11,16H,4,9-10H2,1-3H3. The number of benzene rings is 1. The Morgan fingerprint density at radius 3 is 2.70 bits per heavy atom. The van der Waals surface area contributed by atoms with Crippen molar-refractivity contribution in [1.29, 1.82) is 0 Å². The molecule has 20 heavy (non-hydrogen) atoms. The zero-order valence-corrected chi connectivity index (χ0v) is 12.2. The molecule has 0 radical (unpaired) electrons. The summed E-state index contributed by atoms with van der Waals surface area (Å²) in [5.74, 6) is 0.862. The first kappa shape index (κ1) is 14.4. The lowest BCUT2D eigenvalue weighted by Gasteiger charge is -2.14. The molecule has 0 saturated carbocycles. The molecule has 2 rings (SSSR count). The molecule has 1 N–H and O–H groups in total. The number of oxazole rings is 1. The average Bonchev–Trinajstić information content (AvgIpc) is 2.95. The van der Waals surface area contributed by atoms with Crippen LogP contribution in [0.4, 0.5) is 6.01 Å². The van der Waals surface area contributed by atoms with E-state index in [1.807, 2.05) is 36.2 Å². The van der Waals surface area contributed by atoms with Crippen molar-refractivity contribution in [1.82, 2.24) is 10.3 Å². The maximum Gasteiger partial charge on any atom is 0.297 e. The van der Waals surface area contributed by atoms with Crippen LogP contribution in [0.2, 0.25) is 0 Å². The number of aromatic nitrogens is 1. The Morgan fingerprint density at radius 1 is 1.30 bits per heavy atom. The zero-order chi connectivity index (χ0) is 14.4. The lowest BCUT2D eigenvalue weighted by Crippen LogP contribution is -2.17. The Morgan fingerprint density at radius 2 is 2.05 bits per heavy atom. The summed E-state index contributed by atoms with van der Waals surface area (Å²) in [4.78, 5) is 6.43. The molecule has 0 fully saturated rings. The Balaban J connectivity index is 1.96. The van der Waals surface area contributed by atoms with Crippen LogP contribution in [0.5, 0.6) is 5.75 Å². The molecule has 108 valence electrons. The lowest BCUT2D eigenvalue weighted by molar-refractivity contribution is 0.414. The predicted molar refractivity (Wildman–Crippen MR) is 79.0 cm³/mol. The highest BCUT2D eigenvalue weighted by molar-refractivity contribution is 5.32. The third kappa shape index (κ3) is 3.74. The van der Waals surface area contributed by atoms with E-state index in [-0.39, 0.29) is 0 Å². The third-order valence-electron chi connectivity index (χ3n) is 3.00. The van der Waals surface area contributed by atoms with E-state index in [4.69, 9.17) is 9.15 Å². The van der Waals surface area contributed by atoms with E-state index in [1.165, 1.54) is 5.56 Å². The van der Waals surface area contributed by atoms with Crippen LogP contribution in [0.1, 0.15) is 18.2 Å². The van der Waals surface area contributed by atoms with E-state index in [0.717, 1.165) is 31.1 Å². The minimum Gasteiger partial charge on any atom is -0.497 e. The smallest absolute Gasteiger partial charge is 0.297 e. The highest BCUT2D eigenvalue weighted by atomic mass is 16.5. The second kappa shape index (κ2) is 6.96. The number of nitrogens with zero attached hydrogens (tertiary/aromatic N) is 2. The quantitative estimate of drug-likeness (QED) is 0.841. The first-order chi connectivity index (χ1) is 9.72. The van der Waals surface area contributed by atoms with E-state index in [1.54, 1.807) is 13.4 Å². The molecule has 0 aliphatic heterocycles. The van der Waals surface area contributed by atoms with E-state index in [9.17, 15) is 0 Å². The molecular weight excluding hydrogens is 254 g/mol. The van der Waals surface area contributed by atoms with Gasteiger partial charge in [0, 0.05) is 20.1 Å². The summed E-state index contributed by atoms with van der Waals surface area (Å²) in [5.41, 5.74) is 2.10. The van der Waals surface area contributed by atoms with E-state index in [0.29, 0.717) is 6.01 Å². The molecular formula is C15H21N3O2. The van der Waals surface area contributed by atoms with Crippen LogP contribution in [0.25, 0.3) is 0 Å². The summed E-state index contributed by atoms with van der Waals surface area (Å²) in [6, 6.07) is 8.62. The molecule has 1 aromatic carbocycles. The van der Waals surface area contributed by atoms with Gasteiger partial charge in [0.2, 0.25) is 0 Å². The van der Waals surface area contributed by atoms with Gasteiger partial charge >= 0.3 is 0 Å². The molecule has 0 aliphatic rings. The van der Waals surface area contributed by atoms with Gasteiger partial charge in [-0.3, -0.25) is 0 Å². The van der Waals surface area contributed by atoms with Crippen molar-refractivity contribution >= 4 is 6.01 Å². The van der Waals surface area contributed by atoms with Crippen LogP contribution in [0.15, 0.2) is 34.9 Å². The summed E-state index contributed by atoms with van der Waals surface area (Å²) in [6.45, 7) is 4.46. The highest BCUT2D eigenvalue weighted by Crippen LogP contribution is 2.17. The second-order valence-corrected chi connectivity index (χ2v) is 4.61. The largest absolute Gasteiger partial charge is 0.497 e. The number of hydrogen-bond acceptors (Lipinski definition) is 5. The van der Waals surface area contributed by atoms with Gasteiger partial charge in [0.05, 0.1) is 12.8 Å². The number of ether oxygens (including phenoxy) is 1. The molecule has 0 atom stereocenters. The molecule has 0 bridgehead atoms. The minimum absolute atomic E-state index is 0.633. The molecule has 0 unspecified atom stereocenters. The monoisotopic (exact) mass is 275 g/mol. The first-order valence-electron chi connectivity index (χ1n) is 6.72. The number of nitrogens with one attached hydrogen (secondary N) is 1. The van der Waals surface area contributed by atoms with Crippen molar-refractivity contribution in [3.05, 3.63) is 41.8 Å². The van der Waals surface area contributed by atoms with Crippen molar-refractivity contribution in [2.75, 3.05) is 25.6 Å². The topological polar surface area (TPSA) is 50.5 Å². The maximum absolute atomic E-state index is 5.49. The highest BCUT2D eigenvalue weighted by Gasteiger charge is 2.09. The minimum atomic E-state index is 0.633. The molecule has 2 aromatic rings. The van der Waals surface area contributed by atoms with E-state index >= 15 is 0 Å². The van der Waals surface area contributed by atoms with Crippen molar-refractivity contribution in [3.8, 4) is 5.75 Å². The summed E-state index contributed by atoms with van der Waals surface area (Å²) in [6.07, 6.45) is 1.70. The van der Waals surface area contributed by atoms with E-state index in [2.05, 4.69) is 17.2 Å². The lowest BCUT2D eigenvalue weighted by atomic mass is 10.2. The zero-order valence-electron chi connectivity index (χ0n) is 12.2. The average molecular weight is 275 g/mol. The van der Waals surface area contributed by atoms with Gasteiger partial charge in [-0.15, -0.1) is 0 Å². The van der Waals surface area contributed by atoms with Crippen LogP contribution in [0.3, 0.4) is 0 Å². The molecule has 0 aliphatic carbocycles. The van der Waals surface area contributed by atoms with Crippen LogP contribution < -0.4 is 15.0 Å².